The quantitative estimate of drug-likeness (QED) is 0.233. The Kier molecular flexibility index (Phi) is 4.96. The van der Waals surface area contributed by atoms with Crippen LogP contribution in [0.4, 0.5) is 26.3 Å². The van der Waals surface area contributed by atoms with Gasteiger partial charge in [-0.3, -0.25) is 0 Å². The molecule has 154 valence electrons. The van der Waals surface area contributed by atoms with Crippen LogP contribution in [0.2, 0.25) is 0 Å². The van der Waals surface area contributed by atoms with Crippen molar-refractivity contribution >= 4 is 21.5 Å². The molecular weight excluding hydrogens is 402 g/mol. The smallest absolute Gasteiger partial charge is 0.206 e. The Balaban J connectivity index is 1.88. The number of rotatable bonds is 3. The molecule has 0 aromatic heterocycles. The van der Waals surface area contributed by atoms with Crippen LogP contribution in [0.3, 0.4) is 0 Å². The van der Waals surface area contributed by atoms with E-state index in [1.807, 2.05) is 18.2 Å². The van der Waals surface area contributed by atoms with Crippen molar-refractivity contribution in [2.75, 3.05) is 0 Å². The minimum absolute atomic E-state index is 0.170. The van der Waals surface area contributed by atoms with Crippen LogP contribution in [0.15, 0.2) is 54.6 Å². The van der Waals surface area contributed by atoms with E-state index in [1.54, 1.807) is 18.2 Å². The lowest BCUT2D eigenvalue weighted by molar-refractivity contribution is -0.142. The second kappa shape index (κ2) is 7.35. The lowest BCUT2D eigenvalue weighted by Gasteiger charge is -2.13. The van der Waals surface area contributed by atoms with Crippen molar-refractivity contribution in [1.29, 1.82) is 0 Å². The van der Waals surface area contributed by atoms with E-state index < -0.39 is 29.2 Å². The molecule has 0 atom stereocenters. The van der Waals surface area contributed by atoms with Crippen LogP contribution in [0.1, 0.15) is 24.5 Å². The van der Waals surface area contributed by atoms with Gasteiger partial charge in [-0.2, -0.15) is 13.2 Å². The number of hydrogen-bond acceptors (Lipinski definition) is 0. The Morgan fingerprint density at radius 1 is 0.733 bits per heavy atom. The van der Waals surface area contributed by atoms with E-state index >= 15 is 4.39 Å². The third-order valence-electron chi connectivity index (χ3n) is 5.19. The number of benzene rings is 4. The maximum absolute atomic E-state index is 15.2. The summed E-state index contributed by atoms with van der Waals surface area (Å²) in [5.41, 5.74) is -1.29. The van der Waals surface area contributed by atoms with Crippen molar-refractivity contribution in [3.05, 3.63) is 83.2 Å². The molecule has 0 aliphatic heterocycles. The van der Waals surface area contributed by atoms with Gasteiger partial charge >= 0.3 is 6.18 Å². The third-order valence-corrected chi connectivity index (χ3v) is 5.19. The second-order valence-electron chi connectivity index (χ2n) is 7.21. The average molecular weight is 418 g/mol. The Morgan fingerprint density at radius 2 is 1.37 bits per heavy atom. The molecule has 30 heavy (non-hydrogen) atoms. The van der Waals surface area contributed by atoms with E-state index in [9.17, 15) is 22.0 Å². The molecule has 0 saturated carbocycles. The zero-order valence-corrected chi connectivity index (χ0v) is 15.9. The Morgan fingerprint density at radius 3 is 2.00 bits per heavy atom. The Hall–Kier alpha value is -3.02. The first-order valence-corrected chi connectivity index (χ1v) is 9.41. The molecule has 0 fully saturated rings. The van der Waals surface area contributed by atoms with Gasteiger partial charge in [0.15, 0.2) is 0 Å². The lowest BCUT2D eigenvalue weighted by Crippen LogP contribution is -2.11. The zero-order valence-electron chi connectivity index (χ0n) is 15.9. The first-order chi connectivity index (χ1) is 14.2. The Bertz CT molecular complexity index is 1250. The molecule has 0 N–H and O–H groups in total. The van der Waals surface area contributed by atoms with Gasteiger partial charge < -0.3 is 0 Å². The van der Waals surface area contributed by atoms with Gasteiger partial charge in [-0.1, -0.05) is 55.8 Å². The summed E-state index contributed by atoms with van der Waals surface area (Å²) in [6.45, 7) is 2.08. The summed E-state index contributed by atoms with van der Waals surface area (Å²) >= 11 is 0. The monoisotopic (exact) mass is 418 g/mol. The maximum Gasteiger partial charge on any atom is 0.422 e. The van der Waals surface area contributed by atoms with Crippen molar-refractivity contribution in [1.82, 2.24) is 0 Å². The Labute approximate surface area is 168 Å². The number of fused-ring (bicyclic) bond motifs is 3. The maximum atomic E-state index is 15.2. The van der Waals surface area contributed by atoms with Crippen LogP contribution in [-0.4, -0.2) is 0 Å². The van der Waals surface area contributed by atoms with Gasteiger partial charge in [0.2, 0.25) is 0 Å². The van der Waals surface area contributed by atoms with Crippen molar-refractivity contribution in [2.45, 2.75) is 25.9 Å². The number of aryl methyl sites for hydroxylation is 1. The fourth-order valence-electron chi connectivity index (χ4n) is 3.83. The molecule has 0 spiro atoms. The lowest BCUT2D eigenvalue weighted by atomic mass is 9.94. The molecule has 4 rings (SSSR count). The molecule has 0 aliphatic rings. The highest BCUT2D eigenvalue weighted by atomic mass is 19.4. The average Bonchev–Trinajstić information content (AvgIpc) is 2.66. The van der Waals surface area contributed by atoms with E-state index in [0.29, 0.717) is 17.5 Å². The minimum atomic E-state index is -5.18. The molecule has 6 heteroatoms. The summed E-state index contributed by atoms with van der Waals surface area (Å²) in [5.74, 6) is -4.30. The molecular formula is C24H16F6. The van der Waals surface area contributed by atoms with E-state index in [1.165, 1.54) is 6.07 Å². The van der Waals surface area contributed by atoms with Crippen molar-refractivity contribution in [3.8, 4) is 11.1 Å². The molecule has 0 aliphatic carbocycles. The fourth-order valence-corrected chi connectivity index (χ4v) is 3.83. The van der Waals surface area contributed by atoms with Gasteiger partial charge in [-0.15, -0.1) is 0 Å². The van der Waals surface area contributed by atoms with Crippen LogP contribution in [0, 0.1) is 17.5 Å². The predicted molar refractivity (Wildman–Crippen MR) is 106 cm³/mol. The fraction of sp³-hybridized carbons (Fsp3) is 0.167. The minimum Gasteiger partial charge on any atom is -0.206 e. The summed E-state index contributed by atoms with van der Waals surface area (Å²) in [4.78, 5) is 0. The van der Waals surface area contributed by atoms with Crippen molar-refractivity contribution in [3.63, 3.8) is 0 Å². The zero-order chi connectivity index (χ0) is 21.6. The van der Waals surface area contributed by atoms with Crippen LogP contribution in [0.5, 0.6) is 0 Å². The number of halogens is 6. The first-order valence-electron chi connectivity index (χ1n) is 9.41. The highest BCUT2D eigenvalue weighted by Crippen LogP contribution is 2.38. The van der Waals surface area contributed by atoms with Crippen molar-refractivity contribution < 1.29 is 26.3 Å². The van der Waals surface area contributed by atoms with Gasteiger partial charge in [0.1, 0.15) is 23.0 Å². The third kappa shape index (κ3) is 3.40. The van der Waals surface area contributed by atoms with Crippen LogP contribution < -0.4 is 0 Å². The van der Waals surface area contributed by atoms with Gasteiger partial charge in [0.05, 0.1) is 0 Å². The van der Waals surface area contributed by atoms with Gasteiger partial charge in [0, 0.05) is 10.9 Å². The first kappa shape index (κ1) is 20.3. The number of alkyl halides is 3. The van der Waals surface area contributed by atoms with E-state index in [4.69, 9.17) is 0 Å². The molecule has 4 aromatic carbocycles. The predicted octanol–water partition coefficient (Wildman–Crippen LogP) is 8.05. The molecule has 0 radical (unpaired) electrons. The largest absolute Gasteiger partial charge is 0.422 e. The van der Waals surface area contributed by atoms with Gasteiger partial charge in [-0.25, -0.2) is 13.2 Å². The van der Waals surface area contributed by atoms with Gasteiger partial charge in [0.25, 0.3) is 0 Å². The van der Waals surface area contributed by atoms with Crippen LogP contribution in [0.25, 0.3) is 32.7 Å². The second-order valence-corrected chi connectivity index (χ2v) is 7.21. The summed E-state index contributed by atoms with van der Waals surface area (Å²) in [6.07, 6.45) is -3.26. The summed E-state index contributed by atoms with van der Waals surface area (Å²) in [7, 11) is 0. The normalized spacial score (nSPS) is 12.1. The topological polar surface area (TPSA) is 0 Å². The van der Waals surface area contributed by atoms with E-state index in [-0.39, 0.29) is 16.5 Å². The molecule has 0 heterocycles. The van der Waals surface area contributed by atoms with E-state index in [2.05, 4.69) is 6.92 Å². The number of hydrogen-bond donors (Lipinski definition) is 0. The molecule has 0 bridgehead atoms. The van der Waals surface area contributed by atoms with E-state index in [0.717, 1.165) is 29.2 Å². The summed E-state index contributed by atoms with van der Waals surface area (Å²) in [5, 5.41) is 2.60. The highest BCUT2D eigenvalue weighted by Gasteiger charge is 2.38. The molecule has 0 amide bonds. The standard InChI is InChI=1S/C24H16F6/c1-2-3-13-4-6-16-14(10-13)5-7-19-18(16)9-8-17(23(19)27)15-11-20(25)22(21(26)12-15)24(28,29)30/h4-12H,2-3H2,1H3. The van der Waals surface area contributed by atoms with Crippen LogP contribution >= 0.6 is 0 Å². The highest BCUT2D eigenvalue weighted by molar-refractivity contribution is 6.08. The molecule has 0 nitrogen and oxygen atoms in total. The van der Waals surface area contributed by atoms with Gasteiger partial charge in [-0.05, 0) is 45.8 Å². The van der Waals surface area contributed by atoms with Crippen LogP contribution in [-0.2, 0) is 12.6 Å². The molecule has 4 aromatic rings. The molecule has 0 saturated heterocycles. The SMILES string of the molecule is CCCc1ccc2c(ccc3c(F)c(-c4cc(F)c(C(F)(F)F)c(F)c4)ccc32)c1. The van der Waals surface area contributed by atoms with Crippen molar-refractivity contribution in [2.24, 2.45) is 0 Å². The summed E-state index contributed by atoms with van der Waals surface area (Å²) < 4.78 is 81.5. The molecule has 0 unspecified atom stereocenters. The summed E-state index contributed by atoms with van der Waals surface area (Å²) in [6, 6.07) is 13.2.